The maximum absolute atomic E-state index is 12.0. The molecule has 0 saturated heterocycles. The van der Waals surface area contributed by atoms with Crippen molar-refractivity contribution in [2.45, 2.75) is 32.1 Å². The van der Waals surface area contributed by atoms with Gasteiger partial charge in [-0.1, -0.05) is 26.0 Å². The lowest BCUT2D eigenvalue weighted by atomic mass is 10.1. The Morgan fingerprint density at radius 3 is 2.35 bits per heavy atom. The SMILES string of the molecule is CC(C)CC(CO)NS(=O)(=O)Cc1ccc(C#N)cc1. The van der Waals surface area contributed by atoms with Crippen molar-refractivity contribution < 1.29 is 13.5 Å². The van der Waals surface area contributed by atoms with Crippen LogP contribution in [0.1, 0.15) is 31.4 Å². The maximum Gasteiger partial charge on any atom is 0.216 e. The van der Waals surface area contributed by atoms with E-state index in [1.165, 1.54) is 0 Å². The zero-order valence-electron chi connectivity index (χ0n) is 11.7. The van der Waals surface area contributed by atoms with E-state index in [1.807, 2.05) is 19.9 Å². The minimum atomic E-state index is -3.50. The Bertz CT molecular complexity index is 559. The molecule has 0 heterocycles. The van der Waals surface area contributed by atoms with E-state index in [2.05, 4.69) is 4.72 Å². The summed E-state index contributed by atoms with van der Waals surface area (Å²) in [5.41, 5.74) is 1.10. The topological polar surface area (TPSA) is 90.2 Å². The second kappa shape index (κ2) is 7.39. The molecule has 0 fully saturated rings. The molecule has 0 aliphatic heterocycles. The Morgan fingerprint density at radius 2 is 1.90 bits per heavy atom. The van der Waals surface area contributed by atoms with Crippen LogP contribution in [-0.2, 0) is 15.8 Å². The van der Waals surface area contributed by atoms with Crippen molar-refractivity contribution in [3.63, 3.8) is 0 Å². The lowest BCUT2D eigenvalue weighted by Crippen LogP contribution is -2.39. The van der Waals surface area contributed by atoms with Gasteiger partial charge in [0, 0.05) is 6.04 Å². The summed E-state index contributed by atoms with van der Waals surface area (Å²) in [6, 6.07) is 7.93. The van der Waals surface area contributed by atoms with Gasteiger partial charge in [0.15, 0.2) is 0 Å². The van der Waals surface area contributed by atoms with E-state index in [-0.39, 0.29) is 12.4 Å². The van der Waals surface area contributed by atoms with Crippen LogP contribution >= 0.6 is 0 Å². The van der Waals surface area contributed by atoms with E-state index in [0.717, 1.165) is 0 Å². The molecule has 0 amide bonds. The van der Waals surface area contributed by atoms with Crippen molar-refractivity contribution in [1.29, 1.82) is 5.26 Å². The van der Waals surface area contributed by atoms with Gasteiger partial charge in [-0.25, -0.2) is 13.1 Å². The van der Waals surface area contributed by atoms with Gasteiger partial charge in [0.25, 0.3) is 0 Å². The van der Waals surface area contributed by atoms with Crippen LogP contribution in [0.4, 0.5) is 0 Å². The summed E-state index contributed by atoms with van der Waals surface area (Å²) in [6.45, 7) is 3.72. The predicted molar refractivity (Wildman–Crippen MR) is 77.2 cm³/mol. The van der Waals surface area contributed by atoms with Gasteiger partial charge in [-0.15, -0.1) is 0 Å². The van der Waals surface area contributed by atoms with Crippen LogP contribution in [0.5, 0.6) is 0 Å². The summed E-state index contributed by atoms with van der Waals surface area (Å²) in [5, 5.41) is 17.9. The van der Waals surface area contributed by atoms with E-state index in [9.17, 15) is 13.5 Å². The van der Waals surface area contributed by atoms with Crippen LogP contribution in [0, 0.1) is 17.2 Å². The third-order valence-electron chi connectivity index (χ3n) is 2.76. The van der Waals surface area contributed by atoms with Crippen molar-refractivity contribution in [1.82, 2.24) is 4.72 Å². The highest BCUT2D eigenvalue weighted by atomic mass is 32.2. The van der Waals surface area contributed by atoms with E-state index >= 15 is 0 Å². The number of nitrogens with one attached hydrogen (secondary N) is 1. The molecule has 5 nitrogen and oxygen atoms in total. The van der Waals surface area contributed by atoms with Crippen LogP contribution in [0.25, 0.3) is 0 Å². The van der Waals surface area contributed by atoms with Crippen LogP contribution in [-0.4, -0.2) is 26.2 Å². The molecule has 2 N–H and O–H groups in total. The highest BCUT2D eigenvalue weighted by Gasteiger charge is 2.18. The molecule has 0 radical (unpaired) electrons. The fourth-order valence-corrected chi connectivity index (χ4v) is 3.31. The third-order valence-corrected chi connectivity index (χ3v) is 4.17. The zero-order valence-corrected chi connectivity index (χ0v) is 12.5. The van der Waals surface area contributed by atoms with Gasteiger partial charge in [0.05, 0.1) is 24.0 Å². The molecule has 0 aliphatic carbocycles. The Hall–Kier alpha value is -1.42. The molecule has 20 heavy (non-hydrogen) atoms. The number of aliphatic hydroxyl groups is 1. The normalized spacial score (nSPS) is 13.2. The lowest BCUT2D eigenvalue weighted by molar-refractivity contribution is 0.240. The minimum absolute atomic E-state index is 0.159. The third kappa shape index (κ3) is 5.70. The Morgan fingerprint density at radius 1 is 1.30 bits per heavy atom. The van der Waals surface area contributed by atoms with E-state index < -0.39 is 16.1 Å². The quantitative estimate of drug-likeness (QED) is 0.795. The van der Waals surface area contributed by atoms with E-state index in [4.69, 9.17) is 5.26 Å². The number of rotatable bonds is 7. The van der Waals surface area contributed by atoms with Crippen molar-refractivity contribution in [3.05, 3.63) is 35.4 Å². The number of hydrogen-bond acceptors (Lipinski definition) is 4. The van der Waals surface area contributed by atoms with E-state index in [1.54, 1.807) is 24.3 Å². The number of sulfonamides is 1. The van der Waals surface area contributed by atoms with Crippen molar-refractivity contribution >= 4 is 10.0 Å². The summed E-state index contributed by atoms with van der Waals surface area (Å²) in [7, 11) is -3.50. The van der Waals surface area contributed by atoms with Gasteiger partial charge >= 0.3 is 0 Å². The molecule has 1 unspecified atom stereocenters. The molecule has 1 aromatic rings. The highest BCUT2D eigenvalue weighted by Crippen LogP contribution is 2.10. The van der Waals surface area contributed by atoms with Crippen molar-refractivity contribution in [3.8, 4) is 6.07 Å². The summed E-state index contributed by atoms with van der Waals surface area (Å²) < 4.78 is 26.5. The highest BCUT2D eigenvalue weighted by molar-refractivity contribution is 7.88. The number of benzene rings is 1. The molecule has 0 spiro atoms. The monoisotopic (exact) mass is 296 g/mol. The molecule has 6 heteroatoms. The van der Waals surface area contributed by atoms with Gasteiger partial charge in [-0.05, 0) is 30.0 Å². The summed E-state index contributed by atoms with van der Waals surface area (Å²) in [5.74, 6) is 0.137. The molecule has 0 aliphatic rings. The number of hydrogen-bond donors (Lipinski definition) is 2. The Kier molecular flexibility index (Phi) is 6.14. The standard InChI is InChI=1S/C14H20N2O3S/c1-11(2)7-14(9-17)16-20(18,19)10-13-5-3-12(8-15)4-6-13/h3-6,11,14,16-17H,7,9-10H2,1-2H3. The zero-order chi connectivity index (χ0) is 15.2. The molecule has 0 aromatic heterocycles. The molecule has 0 saturated carbocycles. The van der Waals surface area contributed by atoms with Crippen LogP contribution in [0.3, 0.4) is 0 Å². The Labute approximate surface area is 120 Å². The van der Waals surface area contributed by atoms with E-state index in [0.29, 0.717) is 23.5 Å². The van der Waals surface area contributed by atoms with Crippen LogP contribution < -0.4 is 4.72 Å². The number of nitrogens with zero attached hydrogens (tertiary/aromatic N) is 1. The van der Waals surface area contributed by atoms with Gasteiger partial charge in [-0.2, -0.15) is 5.26 Å². The Balaban J connectivity index is 2.71. The first kappa shape index (κ1) is 16.6. The second-order valence-electron chi connectivity index (χ2n) is 5.19. The first-order chi connectivity index (χ1) is 9.36. The second-order valence-corrected chi connectivity index (χ2v) is 6.95. The minimum Gasteiger partial charge on any atom is -0.395 e. The fourth-order valence-electron chi connectivity index (χ4n) is 1.92. The maximum atomic E-state index is 12.0. The van der Waals surface area contributed by atoms with Crippen molar-refractivity contribution in [2.24, 2.45) is 5.92 Å². The van der Waals surface area contributed by atoms with Crippen LogP contribution in [0.2, 0.25) is 0 Å². The fraction of sp³-hybridized carbons (Fsp3) is 0.500. The smallest absolute Gasteiger partial charge is 0.216 e. The van der Waals surface area contributed by atoms with Gasteiger partial charge < -0.3 is 5.11 Å². The molecular weight excluding hydrogens is 276 g/mol. The summed E-state index contributed by atoms with van der Waals surface area (Å²) >= 11 is 0. The van der Waals surface area contributed by atoms with Crippen molar-refractivity contribution in [2.75, 3.05) is 6.61 Å². The average Bonchev–Trinajstić information content (AvgIpc) is 2.37. The first-order valence-corrected chi connectivity index (χ1v) is 8.11. The number of nitriles is 1. The van der Waals surface area contributed by atoms with Gasteiger partial charge in [-0.3, -0.25) is 0 Å². The summed E-state index contributed by atoms with van der Waals surface area (Å²) in [6.07, 6.45) is 0.586. The summed E-state index contributed by atoms with van der Waals surface area (Å²) in [4.78, 5) is 0. The van der Waals surface area contributed by atoms with Crippen LogP contribution in [0.15, 0.2) is 24.3 Å². The molecular formula is C14H20N2O3S. The first-order valence-electron chi connectivity index (χ1n) is 6.46. The van der Waals surface area contributed by atoms with Gasteiger partial charge in [0.1, 0.15) is 0 Å². The van der Waals surface area contributed by atoms with Gasteiger partial charge in [0.2, 0.25) is 10.0 Å². The molecule has 1 atom stereocenters. The molecule has 1 rings (SSSR count). The average molecular weight is 296 g/mol. The molecule has 110 valence electrons. The molecule has 1 aromatic carbocycles. The predicted octanol–water partition coefficient (Wildman–Crippen LogP) is 1.38. The number of aliphatic hydroxyl groups excluding tert-OH is 1. The molecule has 0 bridgehead atoms. The largest absolute Gasteiger partial charge is 0.395 e. The lowest BCUT2D eigenvalue weighted by Gasteiger charge is -2.18.